The lowest BCUT2D eigenvalue weighted by atomic mass is 9.75. The highest BCUT2D eigenvalue weighted by atomic mass is 32.2. The number of rotatable bonds is 5. The van der Waals surface area contributed by atoms with Gasteiger partial charge in [-0.3, -0.25) is 4.79 Å². The Morgan fingerprint density at radius 3 is 2.14 bits per heavy atom. The van der Waals surface area contributed by atoms with Crippen LogP contribution in [0, 0.1) is 5.41 Å². The van der Waals surface area contributed by atoms with Gasteiger partial charge in [0, 0.05) is 25.9 Å². The van der Waals surface area contributed by atoms with Crippen LogP contribution in [0.5, 0.6) is 0 Å². The minimum absolute atomic E-state index is 0.0315. The van der Waals surface area contributed by atoms with Crippen molar-refractivity contribution in [2.24, 2.45) is 5.41 Å². The smallest absolute Gasteiger partial charge is 0.410 e. The van der Waals surface area contributed by atoms with Crippen LogP contribution in [0.2, 0.25) is 0 Å². The second kappa shape index (κ2) is 8.73. The third kappa shape index (κ3) is 6.19. The molecule has 0 atom stereocenters. The Kier molecular flexibility index (Phi) is 6.98. The first kappa shape index (κ1) is 23.2. The minimum atomic E-state index is -3.24. The fraction of sp³-hybridized carbons (Fsp3) is 0.619. The number of nitrogens with zero attached hydrogens (tertiary/aromatic N) is 1. The zero-order chi connectivity index (χ0) is 21.9. The van der Waals surface area contributed by atoms with Crippen LogP contribution < -0.4 is 5.32 Å². The van der Waals surface area contributed by atoms with Crippen LogP contribution in [0.3, 0.4) is 0 Å². The van der Waals surface area contributed by atoms with Gasteiger partial charge in [0.1, 0.15) is 5.60 Å². The van der Waals surface area contributed by atoms with E-state index >= 15 is 0 Å². The molecule has 8 heteroatoms. The lowest BCUT2D eigenvalue weighted by Gasteiger charge is -2.40. The predicted molar refractivity (Wildman–Crippen MR) is 111 cm³/mol. The van der Waals surface area contributed by atoms with Crippen molar-refractivity contribution < 1.29 is 22.7 Å². The highest BCUT2D eigenvalue weighted by molar-refractivity contribution is 7.90. The summed E-state index contributed by atoms with van der Waals surface area (Å²) in [5.41, 5.74) is -0.214. The average Bonchev–Trinajstić information content (AvgIpc) is 2.64. The van der Waals surface area contributed by atoms with Gasteiger partial charge in [-0.05, 0) is 57.7 Å². The third-order valence-corrected chi connectivity index (χ3v) is 6.46. The largest absolute Gasteiger partial charge is 0.444 e. The maximum absolute atomic E-state index is 12.9. The maximum Gasteiger partial charge on any atom is 0.410 e. The van der Waals surface area contributed by atoms with Gasteiger partial charge in [0.15, 0.2) is 9.84 Å². The van der Waals surface area contributed by atoms with Gasteiger partial charge in [0.25, 0.3) is 0 Å². The molecule has 1 aliphatic heterocycles. The van der Waals surface area contributed by atoms with Gasteiger partial charge < -0.3 is 15.0 Å². The highest BCUT2D eigenvalue weighted by Gasteiger charge is 2.41. The second-order valence-electron chi connectivity index (χ2n) is 8.70. The van der Waals surface area contributed by atoms with E-state index in [4.69, 9.17) is 4.74 Å². The van der Waals surface area contributed by atoms with Crippen molar-refractivity contribution in [2.75, 3.05) is 19.3 Å². The Morgan fingerprint density at radius 1 is 1.14 bits per heavy atom. The zero-order valence-corrected chi connectivity index (χ0v) is 18.8. The van der Waals surface area contributed by atoms with Crippen LogP contribution in [0.15, 0.2) is 29.2 Å². The van der Waals surface area contributed by atoms with Gasteiger partial charge in [-0.15, -0.1) is 0 Å². The monoisotopic (exact) mass is 424 g/mol. The van der Waals surface area contributed by atoms with Crippen molar-refractivity contribution in [1.29, 1.82) is 0 Å². The van der Waals surface area contributed by atoms with Gasteiger partial charge in [0.2, 0.25) is 5.91 Å². The Morgan fingerprint density at radius 2 is 1.69 bits per heavy atom. The minimum Gasteiger partial charge on any atom is -0.444 e. The molecular formula is C21H32N2O5S. The van der Waals surface area contributed by atoms with Crippen molar-refractivity contribution in [3.8, 4) is 0 Å². The van der Waals surface area contributed by atoms with E-state index in [2.05, 4.69) is 5.32 Å². The molecule has 0 aromatic heterocycles. The van der Waals surface area contributed by atoms with Crippen molar-refractivity contribution >= 4 is 21.8 Å². The summed E-state index contributed by atoms with van der Waals surface area (Å²) in [6.07, 6.45) is 2.68. The summed E-state index contributed by atoms with van der Waals surface area (Å²) >= 11 is 0. The number of hydrogen-bond acceptors (Lipinski definition) is 5. The number of hydrogen-bond donors (Lipinski definition) is 1. The summed E-state index contributed by atoms with van der Waals surface area (Å²) in [5.74, 6) is -0.0315. The SMILES string of the molecule is CCC1(C(=O)NCc2ccc(S(C)(=O)=O)cc2)CCN(C(=O)OC(C)(C)C)CC1. The first-order valence-corrected chi connectivity index (χ1v) is 11.8. The van der Waals surface area contributed by atoms with Gasteiger partial charge in [-0.25, -0.2) is 13.2 Å². The Hall–Kier alpha value is -2.09. The van der Waals surface area contributed by atoms with E-state index < -0.39 is 20.9 Å². The summed E-state index contributed by atoms with van der Waals surface area (Å²) < 4.78 is 28.5. The van der Waals surface area contributed by atoms with Crippen LogP contribution in [0.25, 0.3) is 0 Å². The van der Waals surface area contributed by atoms with Crippen LogP contribution in [-0.4, -0.2) is 50.3 Å². The van der Waals surface area contributed by atoms with Crippen molar-refractivity contribution in [3.05, 3.63) is 29.8 Å². The number of ether oxygens (including phenoxy) is 1. The third-order valence-electron chi connectivity index (χ3n) is 5.34. The molecule has 0 spiro atoms. The molecule has 1 aliphatic rings. The molecule has 1 saturated heterocycles. The van der Waals surface area contributed by atoms with Crippen molar-refractivity contribution in [3.63, 3.8) is 0 Å². The lowest BCUT2D eigenvalue weighted by Crippen LogP contribution is -2.50. The van der Waals surface area contributed by atoms with Gasteiger partial charge in [0.05, 0.1) is 10.3 Å². The van der Waals surface area contributed by atoms with E-state index in [9.17, 15) is 18.0 Å². The molecule has 1 fully saturated rings. The molecule has 7 nitrogen and oxygen atoms in total. The standard InChI is InChI=1S/C21H32N2O5S/c1-6-21(11-13-23(14-12-21)19(25)28-20(2,3)4)18(24)22-15-16-7-9-17(10-8-16)29(5,26)27/h7-10H,6,11-15H2,1-5H3,(H,22,24). The molecule has 0 bridgehead atoms. The molecule has 2 rings (SSSR count). The zero-order valence-electron chi connectivity index (χ0n) is 17.9. The lowest BCUT2D eigenvalue weighted by molar-refractivity contribution is -0.134. The molecule has 1 aromatic carbocycles. The van der Waals surface area contributed by atoms with Crippen molar-refractivity contribution in [1.82, 2.24) is 10.2 Å². The Labute approximate surface area is 173 Å². The fourth-order valence-electron chi connectivity index (χ4n) is 3.41. The first-order valence-electron chi connectivity index (χ1n) is 9.91. The van der Waals surface area contributed by atoms with E-state index in [1.807, 2.05) is 27.7 Å². The van der Waals surface area contributed by atoms with Crippen LogP contribution in [-0.2, 0) is 25.9 Å². The summed E-state index contributed by atoms with van der Waals surface area (Å²) in [7, 11) is -3.24. The fourth-order valence-corrected chi connectivity index (χ4v) is 4.04. The van der Waals surface area contributed by atoms with Gasteiger partial charge in [-0.1, -0.05) is 19.1 Å². The van der Waals surface area contributed by atoms with E-state index in [0.29, 0.717) is 38.9 Å². The summed E-state index contributed by atoms with van der Waals surface area (Å²) in [4.78, 5) is 27.1. The predicted octanol–water partition coefficient (Wildman–Crippen LogP) is 3.13. The van der Waals surface area contributed by atoms with Crippen LogP contribution >= 0.6 is 0 Å². The molecule has 0 unspecified atom stereocenters. The molecule has 1 heterocycles. The molecule has 1 N–H and O–H groups in total. The molecule has 2 amide bonds. The number of nitrogens with one attached hydrogen (secondary N) is 1. The summed E-state index contributed by atoms with van der Waals surface area (Å²) in [6, 6.07) is 6.51. The Bertz CT molecular complexity index is 833. The molecule has 0 radical (unpaired) electrons. The number of amides is 2. The van der Waals surface area contributed by atoms with Gasteiger partial charge in [-0.2, -0.15) is 0 Å². The number of carbonyl (C=O) groups is 2. The normalized spacial score (nSPS) is 16.9. The van der Waals surface area contributed by atoms with Crippen LogP contribution in [0.1, 0.15) is 52.5 Å². The Balaban J connectivity index is 1.94. The molecule has 162 valence electrons. The molecule has 0 saturated carbocycles. The number of likely N-dealkylation sites (tertiary alicyclic amines) is 1. The second-order valence-corrected chi connectivity index (χ2v) is 10.7. The highest BCUT2D eigenvalue weighted by Crippen LogP contribution is 2.35. The van der Waals surface area contributed by atoms with Crippen LogP contribution in [0.4, 0.5) is 4.79 Å². The van der Waals surface area contributed by atoms with E-state index in [-0.39, 0.29) is 16.9 Å². The molecule has 29 heavy (non-hydrogen) atoms. The summed E-state index contributed by atoms with van der Waals surface area (Å²) in [5, 5.41) is 2.98. The average molecular weight is 425 g/mol. The molecular weight excluding hydrogens is 392 g/mol. The molecule has 1 aromatic rings. The maximum atomic E-state index is 12.9. The topological polar surface area (TPSA) is 92.8 Å². The van der Waals surface area contributed by atoms with E-state index in [1.165, 1.54) is 6.26 Å². The number of sulfone groups is 1. The van der Waals surface area contributed by atoms with Crippen molar-refractivity contribution in [2.45, 2.75) is 64.0 Å². The van der Waals surface area contributed by atoms with Gasteiger partial charge >= 0.3 is 6.09 Å². The molecule has 0 aliphatic carbocycles. The number of carbonyl (C=O) groups excluding carboxylic acids is 2. The summed E-state index contributed by atoms with van der Waals surface area (Å²) in [6.45, 7) is 8.80. The first-order chi connectivity index (χ1) is 13.4. The quantitative estimate of drug-likeness (QED) is 0.784. The van der Waals surface area contributed by atoms with E-state index in [1.54, 1.807) is 29.2 Å². The van der Waals surface area contributed by atoms with E-state index in [0.717, 1.165) is 5.56 Å². The number of benzene rings is 1. The number of piperidine rings is 1.